The summed E-state index contributed by atoms with van der Waals surface area (Å²) in [5, 5.41) is 1.56. The molecule has 2 N–H and O–H groups in total. The minimum absolute atomic E-state index is 0.297. The first-order valence-corrected chi connectivity index (χ1v) is 3.74. The Bertz CT molecular complexity index is 275. The third kappa shape index (κ3) is 1.65. The van der Waals surface area contributed by atoms with Crippen molar-refractivity contribution in [1.29, 1.82) is 0 Å². The van der Waals surface area contributed by atoms with Crippen molar-refractivity contribution in [3.63, 3.8) is 0 Å². The number of primary amides is 1. The van der Waals surface area contributed by atoms with E-state index in [9.17, 15) is 9.59 Å². The first-order chi connectivity index (χ1) is 5.11. The molecule has 0 bridgehead atoms. The zero-order chi connectivity index (χ0) is 8.43. The number of rotatable bonds is 2. The van der Waals surface area contributed by atoms with Crippen LogP contribution in [0.5, 0.6) is 0 Å². The average Bonchev–Trinajstić information content (AvgIpc) is 2.33. The van der Waals surface area contributed by atoms with Gasteiger partial charge in [0.2, 0.25) is 0 Å². The third-order valence-corrected chi connectivity index (χ3v) is 2.11. The standard InChI is InChI=1S/C7H6NO2S/c1-4(9)5-2-6(7(8)10)11-3-5/h2-3H,1H2,(H2,8,10). The summed E-state index contributed by atoms with van der Waals surface area (Å²) in [6.45, 7) is 3.20. The van der Waals surface area contributed by atoms with Gasteiger partial charge in [-0.2, -0.15) is 0 Å². The molecule has 11 heavy (non-hydrogen) atoms. The lowest BCUT2D eigenvalue weighted by Gasteiger charge is -1.83. The van der Waals surface area contributed by atoms with Crippen LogP contribution in [-0.4, -0.2) is 11.7 Å². The van der Waals surface area contributed by atoms with E-state index in [0.717, 1.165) is 11.3 Å². The minimum Gasteiger partial charge on any atom is -0.365 e. The largest absolute Gasteiger partial charge is 0.365 e. The summed E-state index contributed by atoms with van der Waals surface area (Å²) in [4.78, 5) is 21.5. The summed E-state index contributed by atoms with van der Waals surface area (Å²) in [6, 6.07) is 1.45. The van der Waals surface area contributed by atoms with Gasteiger partial charge in [0.15, 0.2) is 5.78 Å². The lowest BCUT2D eigenvalue weighted by atomic mass is 10.2. The van der Waals surface area contributed by atoms with Crippen molar-refractivity contribution in [2.24, 2.45) is 5.73 Å². The molecule has 0 aromatic carbocycles. The Labute approximate surface area is 67.8 Å². The van der Waals surface area contributed by atoms with Crippen LogP contribution in [-0.2, 0) is 0 Å². The molecule has 1 aromatic heterocycles. The van der Waals surface area contributed by atoms with Crippen molar-refractivity contribution in [2.45, 2.75) is 0 Å². The van der Waals surface area contributed by atoms with E-state index in [2.05, 4.69) is 6.92 Å². The average molecular weight is 168 g/mol. The third-order valence-electron chi connectivity index (χ3n) is 1.16. The first kappa shape index (κ1) is 7.94. The van der Waals surface area contributed by atoms with E-state index in [0.29, 0.717) is 10.4 Å². The summed E-state index contributed by atoms with van der Waals surface area (Å²) >= 11 is 1.15. The molecule has 0 aliphatic heterocycles. The second-order valence-corrected chi connectivity index (χ2v) is 2.90. The van der Waals surface area contributed by atoms with Crippen LogP contribution in [0.1, 0.15) is 20.0 Å². The minimum atomic E-state index is -0.512. The van der Waals surface area contributed by atoms with Crippen molar-refractivity contribution in [3.05, 3.63) is 28.8 Å². The van der Waals surface area contributed by atoms with Crippen molar-refractivity contribution >= 4 is 23.0 Å². The fourth-order valence-corrected chi connectivity index (χ4v) is 1.38. The van der Waals surface area contributed by atoms with E-state index >= 15 is 0 Å². The number of nitrogens with two attached hydrogens (primary N) is 1. The van der Waals surface area contributed by atoms with Crippen molar-refractivity contribution < 1.29 is 9.59 Å². The van der Waals surface area contributed by atoms with Crippen molar-refractivity contribution in [2.75, 3.05) is 0 Å². The molecule has 1 amide bonds. The Kier molecular flexibility index (Phi) is 2.05. The predicted octanol–water partition coefficient (Wildman–Crippen LogP) is 0.864. The van der Waals surface area contributed by atoms with E-state index in [1.165, 1.54) is 6.07 Å². The van der Waals surface area contributed by atoms with E-state index < -0.39 is 5.91 Å². The zero-order valence-electron chi connectivity index (χ0n) is 5.66. The van der Waals surface area contributed by atoms with Crippen molar-refractivity contribution in [3.8, 4) is 0 Å². The molecule has 0 aliphatic carbocycles. The Hall–Kier alpha value is -1.16. The number of carbonyl (C=O) groups is 2. The van der Waals surface area contributed by atoms with Gasteiger partial charge in [-0.15, -0.1) is 11.3 Å². The van der Waals surface area contributed by atoms with Gasteiger partial charge in [0.05, 0.1) is 4.88 Å². The molecule has 0 spiro atoms. The molecule has 0 unspecified atom stereocenters. The van der Waals surface area contributed by atoms with Crippen LogP contribution in [0.3, 0.4) is 0 Å². The molecular weight excluding hydrogens is 162 g/mol. The van der Waals surface area contributed by atoms with E-state index in [1.807, 2.05) is 0 Å². The van der Waals surface area contributed by atoms with E-state index in [4.69, 9.17) is 5.73 Å². The quantitative estimate of drug-likeness (QED) is 0.666. The van der Waals surface area contributed by atoms with Crippen LogP contribution in [0.2, 0.25) is 0 Å². The maximum Gasteiger partial charge on any atom is 0.258 e. The Morgan fingerprint density at radius 1 is 1.55 bits per heavy atom. The number of Topliss-reactive ketones (excluding diaryl/α,β-unsaturated/α-hetero) is 1. The lowest BCUT2D eigenvalue weighted by Crippen LogP contribution is -2.08. The highest BCUT2D eigenvalue weighted by atomic mass is 32.1. The normalized spacial score (nSPS) is 9.55. The molecule has 1 heterocycles. The molecule has 0 saturated carbocycles. The first-order valence-electron chi connectivity index (χ1n) is 2.86. The van der Waals surface area contributed by atoms with Crippen LogP contribution in [0, 0.1) is 6.92 Å². The van der Waals surface area contributed by atoms with Gasteiger partial charge in [0.1, 0.15) is 0 Å². The smallest absolute Gasteiger partial charge is 0.258 e. The maximum atomic E-state index is 10.6. The van der Waals surface area contributed by atoms with Gasteiger partial charge in [-0.3, -0.25) is 9.59 Å². The summed E-state index contributed by atoms with van der Waals surface area (Å²) in [5.74, 6) is -0.809. The Morgan fingerprint density at radius 2 is 2.18 bits per heavy atom. The molecule has 0 aliphatic rings. The fraction of sp³-hybridized carbons (Fsp3) is 0. The molecule has 0 fully saturated rings. The zero-order valence-corrected chi connectivity index (χ0v) is 6.48. The molecule has 0 saturated heterocycles. The Balaban J connectivity index is 2.99. The summed E-state index contributed by atoms with van der Waals surface area (Å²) < 4.78 is 0. The monoisotopic (exact) mass is 168 g/mol. The molecule has 1 rings (SSSR count). The highest BCUT2D eigenvalue weighted by Gasteiger charge is 2.06. The predicted molar refractivity (Wildman–Crippen MR) is 42.5 cm³/mol. The maximum absolute atomic E-state index is 10.6. The van der Waals surface area contributed by atoms with Crippen LogP contribution in [0.15, 0.2) is 11.4 Å². The van der Waals surface area contributed by atoms with Gasteiger partial charge in [0.25, 0.3) is 5.91 Å². The van der Waals surface area contributed by atoms with Gasteiger partial charge in [0, 0.05) is 17.9 Å². The molecule has 57 valence electrons. The second-order valence-electron chi connectivity index (χ2n) is 1.99. The number of thiophene rings is 1. The van der Waals surface area contributed by atoms with Gasteiger partial charge in [-0.05, 0) is 6.07 Å². The second kappa shape index (κ2) is 2.84. The summed E-state index contributed by atoms with van der Waals surface area (Å²) in [5.41, 5.74) is 5.40. The molecule has 1 aromatic rings. The topological polar surface area (TPSA) is 60.2 Å². The lowest BCUT2D eigenvalue weighted by molar-refractivity contribution is 0.100. The molecule has 0 atom stereocenters. The van der Waals surface area contributed by atoms with Gasteiger partial charge in [-0.25, -0.2) is 0 Å². The highest BCUT2D eigenvalue weighted by molar-refractivity contribution is 7.12. The van der Waals surface area contributed by atoms with Crippen LogP contribution in [0.4, 0.5) is 0 Å². The van der Waals surface area contributed by atoms with E-state index in [1.54, 1.807) is 5.38 Å². The molecule has 1 radical (unpaired) electrons. The van der Waals surface area contributed by atoms with Crippen LogP contribution in [0.25, 0.3) is 0 Å². The number of hydrogen-bond acceptors (Lipinski definition) is 3. The van der Waals surface area contributed by atoms with E-state index in [-0.39, 0.29) is 5.78 Å². The number of hydrogen-bond donors (Lipinski definition) is 1. The summed E-state index contributed by atoms with van der Waals surface area (Å²) in [6.07, 6.45) is 0. The number of amides is 1. The van der Waals surface area contributed by atoms with Crippen LogP contribution < -0.4 is 5.73 Å². The molecule has 3 nitrogen and oxygen atoms in total. The van der Waals surface area contributed by atoms with Gasteiger partial charge < -0.3 is 5.73 Å². The van der Waals surface area contributed by atoms with Gasteiger partial charge in [-0.1, -0.05) is 0 Å². The molecular formula is C7H6NO2S. The summed E-state index contributed by atoms with van der Waals surface area (Å²) in [7, 11) is 0. The fourth-order valence-electron chi connectivity index (χ4n) is 0.612. The molecule has 4 heteroatoms. The van der Waals surface area contributed by atoms with Crippen molar-refractivity contribution in [1.82, 2.24) is 0 Å². The van der Waals surface area contributed by atoms with Gasteiger partial charge >= 0.3 is 0 Å². The Morgan fingerprint density at radius 3 is 2.45 bits per heavy atom. The number of carbonyl (C=O) groups excluding carboxylic acids is 2. The van der Waals surface area contributed by atoms with Crippen LogP contribution >= 0.6 is 11.3 Å². The highest BCUT2D eigenvalue weighted by Crippen LogP contribution is 2.13. The SMILES string of the molecule is [CH2]C(=O)c1csc(C(N)=O)c1. The number of ketones is 1.